The van der Waals surface area contributed by atoms with E-state index in [1.807, 2.05) is 6.20 Å². The molecule has 4 rings (SSSR count). The van der Waals surface area contributed by atoms with E-state index in [4.69, 9.17) is 0 Å². The first-order chi connectivity index (χ1) is 11.9. The van der Waals surface area contributed by atoms with Crippen LogP contribution < -0.4 is 5.32 Å². The first-order valence-electron chi connectivity index (χ1n) is 9.17. The summed E-state index contributed by atoms with van der Waals surface area (Å²) in [5, 5.41) is 8.43. The smallest absolute Gasteiger partial charge is 0.139 e. The Kier molecular flexibility index (Phi) is 3.91. The number of aryl methyl sites for hydroxylation is 1. The molecule has 0 saturated heterocycles. The number of aromatic nitrogens is 4. The monoisotopic (exact) mass is 337 g/mol. The lowest BCUT2D eigenvalue weighted by Gasteiger charge is -2.28. The van der Waals surface area contributed by atoms with Gasteiger partial charge < -0.3 is 9.72 Å². The van der Waals surface area contributed by atoms with Crippen molar-refractivity contribution in [1.29, 1.82) is 0 Å². The van der Waals surface area contributed by atoms with Crippen LogP contribution in [0.5, 0.6) is 0 Å². The topological polar surface area (TPSA) is 47.1 Å². The molecule has 1 atom stereocenters. The minimum absolute atomic E-state index is 0.0364. The summed E-state index contributed by atoms with van der Waals surface area (Å²) in [5.74, 6) is 0. The Morgan fingerprint density at radius 1 is 1.28 bits per heavy atom. The maximum atomic E-state index is 4.68. The van der Waals surface area contributed by atoms with Crippen LogP contribution in [-0.2, 0) is 18.5 Å². The van der Waals surface area contributed by atoms with Gasteiger partial charge in [0.1, 0.15) is 5.65 Å². The zero-order valence-corrected chi connectivity index (χ0v) is 15.6. The van der Waals surface area contributed by atoms with E-state index in [0.717, 1.165) is 18.6 Å². The first-order valence-corrected chi connectivity index (χ1v) is 9.17. The summed E-state index contributed by atoms with van der Waals surface area (Å²) in [6.45, 7) is 9.58. The van der Waals surface area contributed by atoms with Gasteiger partial charge in [-0.1, -0.05) is 6.07 Å². The van der Waals surface area contributed by atoms with Gasteiger partial charge in [0.2, 0.25) is 0 Å². The fourth-order valence-corrected chi connectivity index (χ4v) is 3.91. The van der Waals surface area contributed by atoms with E-state index in [-0.39, 0.29) is 5.54 Å². The maximum absolute atomic E-state index is 4.68. The molecule has 5 nitrogen and oxygen atoms in total. The lowest BCUT2D eigenvalue weighted by atomic mass is 9.92. The van der Waals surface area contributed by atoms with E-state index in [2.05, 4.69) is 76.7 Å². The molecule has 0 saturated carbocycles. The molecule has 0 amide bonds. The second-order valence-corrected chi connectivity index (χ2v) is 8.09. The Balaban J connectivity index is 1.57. The van der Waals surface area contributed by atoms with E-state index < -0.39 is 0 Å². The number of imidazole rings is 1. The van der Waals surface area contributed by atoms with Crippen LogP contribution in [0.3, 0.4) is 0 Å². The van der Waals surface area contributed by atoms with Gasteiger partial charge in [0.15, 0.2) is 0 Å². The van der Waals surface area contributed by atoms with Crippen LogP contribution in [0.25, 0.3) is 5.65 Å². The number of hydrogen-bond acceptors (Lipinski definition) is 3. The van der Waals surface area contributed by atoms with Crippen molar-refractivity contribution in [2.75, 3.05) is 0 Å². The first kappa shape index (κ1) is 16.3. The average Bonchev–Trinajstić information content (AvgIpc) is 3.17. The predicted octanol–water partition coefficient (Wildman–Crippen LogP) is 3.76. The van der Waals surface area contributed by atoms with Gasteiger partial charge in [-0.3, -0.25) is 4.68 Å². The summed E-state index contributed by atoms with van der Waals surface area (Å²) >= 11 is 0. The van der Waals surface area contributed by atoms with Gasteiger partial charge >= 0.3 is 0 Å². The van der Waals surface area contributed by atoms with Crippen LogP contribution in [0, 0.1) is 6.92 Å². The highest BCUT2D eigenvalue weighted by Crippen LogP contribution is 2.32. The van der Waals surface area contributed by atoms with E-state index in [9.17, 15) is 0 Å². The van der Waals surface area contributed by atoms with Crippen molar-refractivity contribution in [3.8, 4) is 0 Å². The van der Waals surface area contributed by atoms with Crippen LogP contribution in [-0.4, -0.2) is 19.2 Å². The van der Waals surface area contributed by atoms with Crippen LogP contribution in [0.15, 0.2) is 30.7 Å². The molecule has 0 spiro atoms. The van der Waals surface area contributed by atoms with Crippen LogP contribution in [0.4, 0.5) is 0 Å². The molecule has 0 bridgehead atoms. The number of rotatable bonds is 3. The molecule has 3 aromatic rings. The van der Waals surface area contributed by atoms with E-state index in [0.29, 0.717) is 6.04 Å². The lowest BCUT2D eigenvalue weighted by molar-refractivity contribution is 0.334. The summed E-state index contributed by atoms with van der Waals surface area (Å²) in [6.07, 6.45) is 9.64. The van der Waals surface area contributed by atoms with Crippen molar-refractivity contribution in [1.82, 2.24) is 24.5 Å². The van der Waals surface area contributed by atoms with Crippen LogP contribution in [0.2, 0.25) is 0 Å². The molecule has 5 heteroatoms. The fourth-order valence-electron chi connectivity index (χ4n) is 3.91. The van der Waals surface area contributed by atoms with Gasteiger partial charge in [0, 0.05) is 30.0 Å². The molecule has 25 heavy (non-hydrogen) atoms. The predicted molar refractivity (Wildman–Crippen MR) is 99.7 cm³/mol. The normalized spacial score (nSPS) is 17.8. The van der Waals surface area contributed by atoms with Crippen molar-refractivity contribution in [3.63, 3.8) is 0 Å². The molecule has 3 heterocycles. The van der Waals surface area contributed by atoms with Crippen molar-refractivity contribution in [3.05, 3.63) is 53.2 Å². The van der Waals surface area contributed by atoms with Crippen molar-refractivity contribution in [2.45, 2.75) is 65.1 Å². The maximum Gasteiger partial charge on any atom is 0.139 e. The zero-order valence-electron chi connectivity index (χ0n) is 15.6. The average molecular weight is 337 g/mol. The molecule has 132 valence electrons. The van der Waals surface area contributed by atoms with Crippen molar-refractivity contribution >= 4 is 5.65 Å². The summed E-state index contributed by atoms with van der Waals surface area (Å²) < 4.78 is 4.39. The minimum atomic E-state index is 0.0364. The molecule has 0 aliphatic heterocycles. The second kappa shape index (κ2) is 5.99. The molecule has 3 aromatic heterocycles. The van der Waals surface area contributed by atoms with Crippen LogP contribution in [0.1, 0.15) is 62.2 Å². The third-order valence-corrected chi connectivity index (χ3v) is 5.16. The SMILES string of the molecule is Cc1cccn2c(CNC3CCCc4c3cnn4C(C)(C)C)cnc12. The standard InChI is InChI=1S/C20H27N5/c1-14-7-6-10-24-15(12-22-19(14)24)11-21-17-8-5-9-18-16(17)13-23-25(18)20(2,3)4/h6-7,10,12-13,17,21H,5,8-9,11H2,1-4H3. The quantitative estimate of drug-likeness (QED) is 0.791. The van der Waals surface area contributed by atoms with Gasteiger partial charge in [-0.05, 0) is 58.6 Å². The highest BCUT2D eigenvalue weighted by Gasteiger charge is 2.27. The highest BCUT2D eigenvalue weighted by molar-refractivity contribution is 5.48. The largest absolute Gasteiger partial charge is 0.304 e. The molecule has 1 N–H and O–H groups in total. The second-order valence-electron chi connectivity index (χ2n) is 8.09. The summed E-state index contributed by atoms with van der Waals surface area (Å²) in [6, 6.07) is 4.56. The lowest BCUT2D eigenvalue weighted by Crippen LogP contribution is -2.29. The number of pyridine rings is 1. The van der Waals surface area contributed by atoms with E-state index in [1.165, 1.54) is 35.4 Å². The summed E-state index contributed by atoms with van der Waals surface area (Å²) in [4.78, 5) is 4.57. The third kappa shape index (κ3) is 2.86. The van der Waals surface area contributed by atoms with E-state index >= 15 is 0 Å². The molecule has 0 aromatic carbocycles. The zero-order chi connectivity index (χ0) is 17.6. The van der Waals surface area contributed by atoms with Gasteiger partial charge in [-0.15, -0.1) is 0 Å². The minimum Gasteiger partial charge on any atom is -0.304 e. The molecule has 1 aliphatic rings. The molecule has 1 aliphatic carbocycles. The molecule has 0 fully saturated rings. The Morgan fingerprint density at radius 2 is 2.12 bits per heavy atom. The van der Waals surface area contributed by atoms with Crippen molar-refractivity contribution < 1.29 is 0 Å². The molecular weight excluding hydrogens is 310 g/mol. The van der Waals surface area contributed by atoms with E-state index in [1.54, 1.807) is 0 Å². The molecular formula is C20H27N5. The molecule has 0 radical (unpaired) electrons. The van der Waals surface area contributed by atoms with Crippen LogP contribution >= 0.6 is 0 Å². The number of nitrogens with one attached hydrogen (secondary N) is 1. The Morgan fingerprint density at radius 3 is 2.92 bits per heavy atom. The van der Waals surface area contributed by atoms with Crippen molar-refractivity contribution in [2.24, 2.45) is 0 Å². The Hall–Kier alpha value is -2.14. The summed E-state index contributed by atoms with van der Waals surface area (Å²) in [5.41, 5.74) is 6.25. The van der Waals surface area contributed by atoms with Gasteiger partial charge in [0.05, 0.1) is 23.6 Å². The van der Waals surface area contributed by atoms with Gasteiger partial charge in [0.25, 0.3) is 0 Å². The highest BCUT2D eigenvalue weighted by atomic mass is 15.3. The molecule has 1 unspecified atom stereocenters. The van der Waals surface area contributed by atoms with Gasteiger partial charge in [-0.25, -0.2) is 4.98 Å². The Labute approximate surface area is 149 Å². The fraction of sp³-hybridized carbons (Fsp3) is 0.500. The van der Waals surface area contributed by atoms with Gasteiger partial charge in [-0.2, -0.15) is 5.10 Å². The number of hydrogen-bond donors (Lipinski definition) is 1. The number of fused-ring (bicyclic) bond motifs is 2. The Bertz CT molecular complexity index is 897. The number of nitrogens with zero attached hydrogens (tertiary/aromatic N) is 4. The third-order valence-electron chi connectivity index (χ3n) is 5.16. The summed E-state index contributed by atoms with van der Waals surface area (Å²) in [7, 11) is 0.